The van der Waals surface area contributed by atoms with Gasteiger partial charge in [-0.05, 0) is 30.5 Å². The maximum absolute atomic E-state index is 11.7. The number of sulfone groups is 1. The first kappa shape index (κ1) is 15.6. The number of halogens is 1. The summed E-state index contributed by atoms with van der Waals surface area (Å²) in [5, 5.41) is 9.91. The van der Waals surface area contributed by atoms with Crippen LogP contribution in [-0.4, -0.2) is 37.1 Å². The van der Waals surface area contributed by atoms with E-state index >= 15 is 0 Å². The van der Waals surface area contributed by atoms with E-state index in [2.05, 4.69) is 0 Å². The summed E-state index contributed by atoms with van der Waals surface area (Å²) in [7, 11) is -2.95. The number of benzene rings is 1. The summed E-state index contributed by atoms with van der Waals surface area (Å²) in [4.78, 5) is 11.7. The third kappa shape index (κ3) is 2.70. The molecule has 0 radical (unpaired) electrons. The van der Waals surface area contributed by atoms with Crippen LogP contribution in [0.1, 0.15) is 31.2 Å². The highest BCUT2D eigenvalue weighted by atomic mass is 35.5. The van der Waals surface area contributed by atoms with Gasteiger partial charge in [-0.2, -0.15) is 0 Å². The van der Waals surface area contributed by atoms with Crippen LogP contribution in [0.25, 0.3) is 0 Å². The predicted molar refractivity (Wildman–Crippen MR) is 82.3 cm³/mol. The Morgan fingerprint density at radius 1 is 1.27 bits per heavy atom. The van der Waals surface area contributed by atoms with Gasteiger partial charge in [0.25, 0.3) is 0 Å². The maximum Gasteiger partial charge on any atom is 0.314 e. The van der Waals surface area contributed by atoms with Crippen molar-refractivity contribution in [3.63, 3.8) is 0 Å². The summed E-state index contributed by atoms with van der Waals surface area (Å²) < 4.78 is 27.8. The van der Waals surface area contributed by atoms with E-state index in [1.807, 2.05) is 0 Å². The largest absolute Gasteiger partial charge is 0.487 e. The van der Waals surface area contributed by atoms with Crippen LogP contribution in [0.4, 0.5) is 0 Å². The molecule has 7 heteroatoms. The molecule has 1 aliphatic heterocycles. The van der Waals surface area contributed by atoms with E-state index in [0.29, 0.717) is 29.2 Å². The van der Waals surface area contributed by atoms with Gasteiger partial charge in [-0.25, -0.2) is 8.42 Å². The van der Waals surface area contributed by atoms with E-state index in [1.165, 1.54) is 0 Å². The number of carboxylic acid groups (broad SMARTS) is 1. The van der Waals surface area contributed by atoms with Crippen molar-refractivity contribution >= 4 is 27.4 Å². The second kappa shape index (κ2) is 5.42. The summed E-state index contributed by atoms with van der Waals surface area (Å²) in [6.45, 7) is 0. The Balaban J connectivity index is 1.81. The molecule has 3 rings (SSSR count). The van der Waals surface area contributed by atoms with E-state index < -0.39 is 21.2 Å². The first-order chi connectivity index (χ1) is 10.3. The molecule has 0 bridgehead atoms. The first-order valence-corrected chi connectivity index (χ1v) is 9.43. The van der Waals surface area contributed by atoms with Gasteiger partial charge in [0.05, 0.1) is 21.9 Å². The Hall–Kier alpha value is -1.27. The molecular weight excluding hydrogens is 328 g/mol. The second-order valence-electron chi connectivity index (χ2n) is 6.06. The molecule has 0 amide bonds. The van der Waals surface area contributed by atoms with Crippen LogP contribution < -0.4 is 4.74 Å². The molecule has 1 N–H and O–H groups in total. The Labute approximate surface area is 134 Å². The van der Waals surface area contributed by atoms with Crippen LogP contribution in [0.3, 0.4) is 0 Å². The Bertz CT molecular complexity index is 695. The quantitative estimate of drug-likeness (QED) is 0.907. The zero-order chi connectivity index (χ0) is 16.0. The SMILES string of the molecule is O=C(O)C1(c2ccc(OC3CS(=O)(=O)C3)c(Cl)c2)CCCC1. The minimum atomic E-state index is -2.95. The van der Waals surface area contributed by atoms with Gasteiger partial charge in [-0.3, -0.25) is 4.79 Å². The van der Waals surface area contributed by atoms with Crippen molar-refractivity contribution in [1.82, 2.24) is 0 Å². The molecule has 0 atom stereocenters. The van der Waals surface area contributed by atoms with Crippen molar-refractivity contribution in [2.75, 3.05) is 11.5 Å². The van der Waals surface area contributed by atoms with Crippen molar-refractivity contribution < 1.29 is 23.1 Å². The number of carboxylic acids is 1. The second-order valence-corrected chi connectivity index (χ2v) is 8.62. The first-order valence-electron chi connectivity index (χ1n) is 7.23. The average Bonchev–Trinajstić information content (AvgIpc) is 2.89. The van der Waals surface area contributed by atoms with Crippen molar-refractivity contribution in [3.05, 3.63) is 28.8 Å². The van der Waals surface area contributed by atoms with Crippen LogP contribution >= 0.6 is 11.6 Å². The number of carbonyl (C=O) groups is 1. The van der Waals surface area contributed by atoms with Gasteiger partial charge in [0.2, 0.25) is 0 Å². The molecule has 1 aromatic carbocycles. The molecular formula is C15H17ClO5S. The Morgan fingerprint density at radius 2 is 1.91 bits per heavy atom. The normalized spacial score (nSPS) is 23.0. The maximum atomic E-state index is 11.7. The molecule has 0 spiro atoms. The van der Waals surface area contributed by atoms with E-state index in [1.54, 1.807) is 18.2 Å². The minimum Gasteiger partial charge on any atom is -0.487 e. The lowest BCUT2D eigenvalue weighted by atomic mass is 9.79. The van der Waals surface area contributed by atoms with E-state index in [4.69, 9.17) is 16.3 Å². The Kier molecular flexibility index (Phi) is 3.85. The molecule has 1 aliphatic carbocycles. The molecule has 1 aromatic rings. The van der Waals surface area contributed by atoms with Crippen molar-refractivity contribution in [1.29, 1.82) is 0 Å². The van der Waals surface area contributed by atoms with E-state index in [-0.39, 0.29) is 17.6 Å². The third-order valence-electron chi connectivity index (χ3n) is 4.52. The highest BCUT2D eigenvalue weighted by Gasteiger charge is 2.43. The van der Waals surface area contributed by atoms with Gasteiger partial charge in [-0.1, -0.05) is 30.5 Å². The predicted octanol–water partition coefficient (Wildman–Crippen LogP) is 2.41. The van der Waals surface area contributed by atoms with Gasteiger partial charge in [0.1, 0.15) is 11.9 Å². The van der Waals surface area contributed by atoms with Gasteiger partial charge < -0.3 is 9.84 Å². The van der Waals surface area contributed by atoms with Crippen LogP contribution in [-0.2, 0) is 20.0 Å². The van der Waals surface area contributed by atoms with Gasteiger partial charge >= 0.3 is 5.97 Å². The molecule has 22 heavy (non-hydrogen) atoms. The lowest BCUT2D eigenvalue weighted by Gasteiger charge is -2.28. The molecule has 0 unspecified atom stereocenters. The van der Waals surface area contributed by atoms with Crippen molar-refractivity contribution in [2.24, 2.45) is 0 Å². The van der Waals surface area contributed by atoms with Gasteiger partial charge in [0.15, 0.2) is 9.84 Å². The van der Waals surface area contributed by atoms with Crippen LogP contribution in [0.5, 0.6) is 5.75 Å². The van der Waals surface area contributed by atoms with E-state index in [9.17, 15) is 18.3 Å². The zero-order valence-electron chi connectivity index (χ0n) is 11.9. The average molecular weight is 345 g/mol. The van der Waals surface area contributed by atoms with Gasteiger partial charge in [0, 0.05) is 0 Å². The number of hydrogen-bond acceptors (Lipinski definition) is 4. The van der Waals surface area contributed by atoms with Crippen LogP contribution in [0.15, 0.2) is 18.2 Å². The molecule has 1 heterocycles. The smallest absolute Gasteiger partial charge is 0.314 e. The van der Waals surface area contributed by atoms with E-state index in [0.717, 1.165) is 12.8 Å². The fraction of sp³-hybridized carbons (Fsp3) is 0.533. The summed E-state index contributed by atoms with van der Waals surface area (Å²) in [5.41, 5.74) is -0.168. The topological polar surface area (TPSA) is 80.7 Å². The van der Waals surface area contributed by atoms with Crippen molar-refractivity contribution in [3.8, 4) is 5.75 Å². The zero-order valence-corrected chi connectivity index (χ0v) is 13.5. The number of rotatable bonds is 4. The molecule has 5 nitrogen and oxygen atoms in total. The molecule has 120 valence electrons. The molecule has 1 saturated heterocycles. The lowest BCUT2D eigenvalue weighted by molar-refractivity contribution is -0.143. The molecule has 1 saturated carbocycles. The van der Waals surface area contributed by atoms with Crippen molar-refractivity contribution in [2.45, 2.75) is 37.2 Å². The fourth-order valence-electron chi connectivity index (χ4n) is 3.26. The standard InChI is InChI=1S/C15H17ClO5S/c16-12-7-10(15(14(17)18)5-1-2-6-15)3-4-13(12)21-11-8-22(19,20)9-11/h3-4,7,11H,1-2,5-6,8-9H2,(H,17,18). The Morgan fingerprint density at radius 3 is 2.41 bits per heavy atom. The summed E-state index contributed by atoms with van der Waals surface area (Å²) in [6, 6.07) is 5.02. The summed E-state index contributed by atoms with van der Waals surface area (Å²) in [5.74, 6) is -0.405. The number of hydrogen-bond donors (Lipinski definition) is 1. The monoisotopic (exact) mass is 344 g/mol. The molecule has 2 aliphatic rings. The molecule has 2 fully saturated rings. The number of ether oxygens (including phenoxy) is 1. The van der Waals surface area contributed by atoms with Crippen LogP contribution in [0.2, 0.25) is 5.02 Å². The lowest BCUT2D eigenvalue weighted by Crippen LogP contribution is -2.45. The molecule has 0 aromatic heterocycles. The van der Waals surface area contributed by atoms with Crippen LogP contribution in [0, 0.1) is 0 Å². The highest BCUT2D eigenvalue weighted by Crippen LogP contribution is 2.43. The fourth-order valence-corrected chi connectivity index (χ4v) is 4.66. The van der Waals surface area contributed by atoms with Gasteiger partial charge in [-0.15, -0.1) is 0 Å². The minimum absolute atomic E-state index is 0.00411. The summed E-state index contributed by atoms with van der Waals surface area (Å²) in [6.07, 6.45) is 2.64. The summed E-state index contributed by atoms with van der Waals surface area (Å²) >= 11 is 6.20. The third-order valence-corrected chi connectivity index (χ3v) is 6.58. The number of aliphatic carboxylic acids is 1. The highest BCUT2D eigenvalue weighted by molar-refractivity contribution is 7.92.